The van der Waals surface area contributed by atoms with Gasteiger partial charge < -0.3 is 5.32 Å². The van der Waals surface area contributed by atoms with Crippen molar-refractivity contribution in [3.8, 4) is 0 Å². The van der Waals surface area contributed by atoms with Crippen LogP contribution in [0, 0.1) is 33.6 Å². The molecule has 1 amide bonds. The van der Waals surface area contributed by atoms with Crippen molar-refractivity contribution < 1.29 is 13.2 Å². The Bertz CT molecular complexity index is 860. The Morgan fingerprint density at radius 2 is 1.74 bits per heavy atom. The van der Waals surface area contributed by atoms with Crippen LogP contribution in [0.4, 0.5) is 0 Å². The minimum absolute atomic E-state index is 0.0426. The van der Waals surface area contributed by atoms with Gasteiger partial charge in [-0.25, -0.2) is 8.42 Å². The molecule has 6 nitrogen and oxygen atoms in total. The van der Waals surface area contributed by atoms with Gasteiger partial charge in [-0.2, -0.15) is 4.31 Å². The molecule has 0 atom stereocenters. The molecule has 8 heteroatoms. The zero-order chi connectivity index (χ0) is 19.8. The van der Waals surface area contributed by atoms with E-state index in [1.807, 2.05) is 33.8 Å². The highest BCUT2D eigenvalue weighted by atomic mass is 32.2. The third-order valence-electron chi connectivity index (χ3n) is 5.54. The van der Waals surface area contributed by atoms with Gasteiger partial charge in [0.2, 0.25) is 15.9 Å². The highest BCUT2D eigenvalue weighted by molar-refractivity contribution is 8.14. The molecule has 3 rings (SSSR count). The first-order valence-corrected chi connectivity index (χ1v) is 11.7. The van der Waals surface area contributed by atoms with Crippen molar-refractivity contribution in [2.45, 2.75) is 45.4 Å². The Kier molecular flexibility index (Phi) is 5.98. The van der Waals surface area contributed by atoms with Crippen LogP contribution in [-0.2, 0) is 14.8 Å². The predicted octanol–water partition coefficient (Wildman–Crippen LogP) is 2.54. The van der Waals surface area contributed by atoms with E-state index in [9.17, 15) is 13.2 Å². The number of carbonyl (C=O) groups is 1. The van der Waals surface area contributed by atoms with Gasteiger partial charge in [0, 0.05) is 24.8 Å². The van der Waals surface area contributed by atoms with Crippen molar-refractivity contribution in [2.75, 3.05) is 25.4 Å². The molecule has 0 radical (unpaired) electrons. The fourth-order valence-corrected chi connectivity index (χ4v) is 6.45. The van der Waals surface area contributed by atoms with E-state index in [1.54, 1.807) is 11.8 Å². The van der Waals surface area contributed by atoms with E-state index in [1.165, 1.54) is 4.31 Å². The van der Waals surface area contributed by atoms with E-state index in [0.29, 0.717) is 36.0 Å². The summed E-state index contributed by atoms with van der Waals surface area (Å²) >= 11 is 1.55. The number of hydrogen-bond donors (Lipinski definition) is 1. The number of nitrogens with one attached hydrogen (secondary N) is 1. The molecule has 2 aliphatic heterocycles. The number of rotatable bonds is 3. The summed E-state index contributed by atoms with van der Waals surface area (Å²) in [5.41, 5.74) is 3.60. The fourth-order valence-electron chi connectivity index (χ4n) is 3.67. The molecule has 27 heavy (non-hydrogen) atoms. The van der Waals surface area contributed by atoms with Crippen LogP contribution < -0.4 is 5.32 Å². The zero-order valence-electron chi connectivity index (χ0n) is 16.3. The van der Waals surface area contributed by atoms with E-state index in [4.69, 9.17) is 0 Å². The standard InChI is InChI=1S/C19H27N3O3S2/c1-12-11-13(2)15(4)17(14(12)3)27(24,25)22-8-5-16(6-9-22)18(23)21-19-20-7-10-26-19/h11,16H,5-10H2,1-4H3,(H,20,21,23). The topological polar surface area (TPSA) is 78.8 Å². The van der Waals surface area contributed by atoms with Crippen molar-refractivity contribution >= 4 is 32.9 Å². The lowest BCUT2D eigenvalue weighted by atomic mass is 9.97. The van der Waals surface area contributed by atoms with Crippen molar-refractivity contribution in [1.82, 2.24) is 9.62 Å². The molecular formula is C19H27N3O3S2. The molecule has 0 saturated carbocycles. The van der Waals surface area contributed by atoms with Crippen LogP contribution in [0.25, 0.3) is 0 Å². The molecule has 0 aliphatic carbocycles. The first-order valence-electron chi connectivity index (χ1n) is 9.27. The minimum atomic E-state index is -3.57. The number of thioether (sulfide) groups is 1. The number of nitrogens with zero attached hydrogens (tertiary/aromatic N) is 2. The fraction of sp³-hybridized carbons (Fsp3) is 0.579. The van der Waals surface area contributed by atoms with Gasteiger partial charge in [0.15, 0.2) is 5.17 Å². The van der Waals surface area contributed by atoms with Gasteiger partial charge in [-0.3, -0.25) is 9.79 Å². The molecule has 0 aromatic heterocycles. The van der Waals surface area contributed by atoms with Crippen molar-refractivity contribution in [1.29, 1.82) is 0 Å². The van der Waals surface area contributed by atoms with E-state index in [0.717, 1.165) is 34.6 Å². The summed E-state index contributed by atoms with van der Waals surface area (Å²) in [4.78, 5) is 17.1. The van der Waals surface area contributed by atoms with Gasteiger partial charge in [0.25, 0.3) is 0 Å². The normalized spacial score (nSPS) is 19.2. The molecule has 1 fully saturated rings. The molecule has 1 aromatic carbocycles. The zero-order valence-corrected chi connectivity index (χ0v) is 18.0. The molecule has 148 valence electrons. The number of hydrogen-bond acceptors (Lipinski definition) is 5. The Hall–Kier alpha value is -1.38. The maximum atomic E-state index is 13.3. The van der Waals surface area contributed by atoms with Gasteiger partial charge in [-0.15, -0.1) is 0 Å². The Labute approximate surface area is 165 Å². The molecule has 1 N–H and O–H groups in total. The first kappa shape index (κ1) is 20.4. The second-order valence-electron chi connectivity index (χ2n) is 7.29. The molecule has 0 unspecified atom stereocenters. The van der Waals surface area contributed by atoms with Gasteiger partial charge in [-0.05, 0) is 62.8 Å². The average molecular weight is 410 g/mol. The number of benzene rings is 1. The van der Waals surface area contributed by atoms with Crippen molar-refractivity contribution in [3.63, 3.8) is 0 Å². The SMILES string of the molecule is Cc1cc(C)c(C)c(S(=O)(=O)N2CCC(C(=O)NC3=NCCS3)CC2)c1C. The number of amidine groups is 1. The van der Waals surface area contributed by atoms with Crippen molar-refractivity contribution in [2.24, 2.45) is 10.9 Å². The van der Waals surface area contributed by atoms with Crippen LogP contribution >= 0.6 is 11.8 Å². The predicted molar refractivity (Wildman–Crippen MR) is 110 cm³/mol. The maximum absolute atomic E-state index is 13.3. The van der Waals surface area contributed by atoms with E-state index in [-0.39, 0.29) is 11.8 Å². The monoisotopic (exact) mass is 409 g/mol. The van der Waals surface area contributed by atoms with E-state index < -0.39 is 10.0 Å². The molecule has 0 bridgehead atoms. The lowest BCUT2D eigenvalue weighted by Crippen LogP contribution is -2.44. The number of carbonyl (C=O) groups excluding carboxylic acids is 1. The average Bonchev–Trinajstić information content (AvgIpc) is 3.13. The van der Waals surface area contributed by atoms with Crippen LogP contribution in [0.3, 0.4) is 0 Å². The largest absolute Gasteiger partial charge is 0.305 e. The summed E-state index contributed by atoms with van der Waals surface area (Å²) in [6.07, 6.45) is 1.07. The first-order chi connectivity index (χ1) is 12.7. The number of amides is 1. The van der Waals surface area contributed by atoms with Gasteiger partial charge in [0.1, 0.15) is 0 Å². The van der Waals surface area contributed by atoms with Gasteiger partial charge in [-0.1, -0.05) is 17.8 Å². The summed E-state index contributed by atoms with van der Waals surface area (Å²) in [5.74, 6) is 0.696. The Morgan fingerprint density at radius 1 is 1.15 bits per heavy atom. The Morgan fingerprint density at radius 3 is 2.26 bits per heavy atom. The molecule has 0 spiro atoms. The van der Waals surface area contributed by atoms with Crippen LogP contribution in [0.1, 0.15) is 35.1 Å². The van der Waals surface area contributed by atoms with Crippen LogP contribution in [0.5, 0.6) is 0 Å². The van der Waals surface area contributed by atoms with Crippen LogP contribution in [0.2, 0.25) is 0 Å². The van der Waals surface area contributed by atoms with Crippen LogP contribution in [0.15, 0.2) is 16.0 Å². The second kappa shape index (κ2) is 7.93. The van der Waals surface area contributed by atoms with Crippen LogP contribution in [-0.4, -0.2) is 49.2 Å². The number of piperidine rings is 1. The highest BCUT2D eigenvalue weighted by Crippen LogP contribution is 2.31. The highest BCUT2D eigenvalue weighted by Gasteiger charge is 2.34. The minimum Gasteiger partial charge on any atom is -0.305 e. The molecule has 2 heterocycles. The molecular weight excluding hydrogens is 382 g/mol. The number of aryl methyl sites for hydroxylation is 2. The molecule has 2 aliphatic rings. The number of sulfonamides is 1. The summed E-state index contributed by atoms with van der Waals surface area (Å²) in [7, 11) is -3.57. The quantitative estimate of drug-likeness (QED) is 0.832. The smallest absolute Gasteiger partial charge is 0.243 e. The van der Waals surface area contributed by atoms with Gasteiger partial charge >= 0.3 is 0 Å². The second-order valence-corrected chi connectivity index (χ2v) is 10.3. The Balaban J connectivity index is 1.73. The number of aliphatic imine (C=N–C) groups is 1. The summed E-state index contributed by atoms with van der Waals surface area (Å²) < 4.78 is 28.1. The van der Waals surface area contributed by atoms with Crippen molar-refractivity contribution in [3.05, 3.63) is 28.3 Å². The molecule has 1 aromatic rings. The third-order valence-corrected chi connectivity index (χ3v) is 8.60. The summed E-state index contributed by atoms with van der Waals surface area (Å²) in [5, 5.41) is 3.56. The lowest BCUT2D eigenvalue weighted by molar-refractivity contribution is -0.124. The summed E-state index contributed by atoms with van der Waals surface area (Å²) in [6, 6.07) is 2.03. The summed E-state index contributed by atoms with van der Waals surface area (Å²) in [6.45, 7) is 9.11. The maximum Gasteiger partial charge on any atom is 0.243 e. The lowest BCUT2D eigenvalue weighted by Gasteiger charge is -2.31. The van der Waals surface area contributed by atoms with E-state index >= 15 is 0 Å². The third kappa shape index (κ3) is 4.07. The molecule has 1 saturated heterocycles. The van der Waals surface area contributed by atoms with Gasteiger partial charge in [0.05, 0.1) is 11.4 Å². The van der Waals surface area contributed by atoms with E-state index in [2.05, 4.69) is 10.3 Å².